The molecule has 128 valence electrons. The number of carbonyl (C=O) groups excluding carboxylic acids is 1. The first kappa shape index (κ1) is 16.7. The van der Waals surface area contributed by atoms with Gasteiger partial charge in [0.1, 0.15) is 0 Å². The number of hydrogen-bond acceptors (Lipinski definition) is 5. The van der Waals surface area contributed by atoms with E-state index in [2.05, 4.69) is 5.10 Å². The molecule has 7 nitrogen and oxygen atoms in total. The van der Waals surface area contributed by atoms with Crippen molar-refractivity contribution in [1.29, 1.82) is 0 Å². The molecule has 0 aliphatic heterocycles. The Labute approximate surface area is 144 Å². The second-order valence-corrected chi connectivity index (χ2v) is 7.36. The summed E-state index contributed by atoms with van der Waals surface area (Å²) >= 11 is 0. The lowest BCUT2D eigenvalue weighted by Crippen LogP contribution is -2.19. The van der Waals surface area contributed by atoms with Gasteiger partial charge in [-0.05, 0) is 42.8 Å². The molecule has 2 aromatic carbocycles. The molecule has 0 atom stereocenters. The molecule has 0 aliphatic carbocycles. The molecular formula is C17H16N4O3S. The molecule has 4 N–H and O–H groups in total. The van der Waals surface area contributed by atoms with Crippen LogP contribution in [0.5, 0.6) is 0 Å². The highest BCUT2D eigenvalue weighted by molar-refractivity contribution is 7.90. The molecule has 0 fully saturated rings. The van der Waals surface area contributed by atoms with E-state index in [4.69, 9.17) is 11.5 Å². The minimum absolute atomic E-state index is 0.0842. The van der Waals surface area contributed by atoms with E-state index in [1.165, 1.54) is 12.3 Å². The van der Waals surface area contributed by atoms with Gasteiger partial charge >= 0.3 is 0 Å². The molecule has 8 heteroatoms. The molecule has 25 heavy (non-hydrogen) atoms. The molecule has 3 rings (SSSR count). The van der Waals surface area contributed by atoms with Gasteiger partial charge in [-0.1, -0.05) is 23.8 Å². The molecule has 1 amide bonds. The Morgan fingerprint density at radius 2 is 1.80 bits per heavy atom. The van der Waals surface area contributed by atoms with E-state index >= 15 is 0 Å². The first-order valence-corrected chi connectivity index (χ1v) is 8.80. The van der Waals surface area contributed by atoms with Crippen LogP contribution in [0.4, 0.5) is 0 Å². The third kappa shape index (κ3) is 3.11. The van der Waals surface area contributed by atoms with Gasteiger partial charge in [-0.3, -0.25) is 4.79 Å². The molecule has 0 unspecified atom stereocenters. The van der Waals surface area contributed by atoms with Crippen LogP contribution in [-0.4, -0.2) is 23.5 Å². The number of carbonyl (C=O) groups is 1. The number of aryl methyl sites for hydroxylation is 1. The van der Waals surface area contributed by atoms with Crippen molar-refractivity contribution in [3.63, 3.8) is 0 Å². The normalized spacial score (nSPS) is 12.4. The number of benzene rings is 2. The minimum Gasteiger partial charge on any atom is -0.394 e. The minimum atomic E-state index is -3.80. The summed E-state index contributed by atoms with van der Waals surface area (Å²) in [5.41, 5.74) is 12.6. The highest BCUT2D eigenvalue weighted by atomic mass is 32.2. The monoisotopic (exact) mass is 356 g/mol. The quantitative estimate of drug-likeness (QED) is 0.684. The fourth-order valence-corrected chi connectivity index (χ4v) is 3.65. The molecule has 1 heterocycles. The largest absolute Gasteiger partial charge is 0.394 e. The molecule has 3 aromatic rings. The van der Waals surface area contributed by atoms with Crippen LogP contribution in [0.25, 0.3) is 17.0 Å². The van der Waals surface area contributed by atoms with Gasteiger partial charge in [0.25, 0.3) is 15.9 Å². The van der Waals surface area contributed by atoms with E-state index in [1.54, 1.807) is 42.5 Å². The molecule has 0 saturated carbocycles. The van der Waals surface area contributed by atoms with Gasteiger partial charge in [-0.15, -0.1) is 0 Å². The molecule has 0 aliphatic rings. The first-order chi connectivity index (χ1) is 11.8. The lowest BCUT2D eigenvalue weighted by Gasteiger charge is -2.06. The Hall–Kier alpha value is -3.13. The van der Waals surface area contributed by atoms with E-state index in [0.717, 1.165) is 9.65 Å². The number of amides is 1. The summed E-state index contributed by atoms with van der Waals surface area (Å²) in [4.78, 5) is 11.2. The molecule has 0 radical (unpaired) electrons. The average Bonchev–Trinajstić information content (AvgIpc) is 2.99. The number of nitrogens with zero attached hydrogens (tertiary/aromatic N) is 2. The summed E-state index contributed by atoms with van der Waals surface area (Å²) in [7, 11) is -3.80. The maximum absolute atomic E-state index is 12.8. The van der Waals surface area contributed by atoms with Crippen molar-refractivity contribution in [1.82, 2.24) is 9.19 Å². The Balaban J connectivity index is 2.08. The average molecular weight is 356 g/mol. The van der Waals surface area contributed by atoms with Gasteiger partial charge in [0.15, 0.2) is 0 Å². The van der Waals surface area contributed by atoms with E-state index in [-0.39, 0.29) is 10.6 Å². The van der Waals surface area contributed by atoms with Crippen LogP contribution in [-0.2, 0) is 14.8 Å². The molecule has 1 aromatic heterocycles. The Bertz CT molecular complexity index is 1100. The van der Waals surface area contributed by atoms with Crippen molar-refractivity contribution in [2.75, 3.05) is 0 Å². The second kappa shape index (κ2) is 6.06. The topological polar surface area (TPSA) is 121 Å². The maximum atomic E-state index is 12.8. The van der Waals surface area contributed by atoms with Gasteiger partial charge in [-0.2, -0.15) is 17.6 Å². The van der Waals surface area contributed by atoms with Crippen molar-refractivity contribution in [3.05, 3.63) is 65.5 Å². The maximum Gasteiger partial charge on any atom is 0.283 e. The van der Waals surface area contributed by atoms with Gasteiger partial charge in [0.05, 0.1) is 22.3 Å². The highest BCUT2D eigenvalue weighted by Crippen LogP contribution is 2.22. The predicted molar refractivity (Wildman–Crippen MR) is 94.9 cm³/mol. The summed E-state index contributed by atoms with van der Waals surface area (Å²) in [6, 6.07) is 11.5. The number of hydrogen-bond donors (Lipinski definition) is 2. The van der Waals surface area contributed by atoms with Crippen LogP contribution in [0.1, 0.15) is 11.1 Å². The van der Waals surface area contributed by atoms with Crippen molar-refractivity contribution in [2.45, 2.75) is 11.8 Å². The van der Waals surface area contributed by atoms with E-state index in [1.807, 2.05) is 6.92 Å². The van der Waals surface area contributed by atoms with Gasteiger partial charge in [0.2, 0.25) is 0 Å². The van der Waals surface area contributed by atoms with Gasteiger partial charge < -0.3 is 11.5 Å². The van der Waals surface area contributed by atoms with Crippen LogP contribution >= 0.6 is 0 Å². The number of aromatic nitrogens is 2. The molecular weight excluding hydrogens is 340 g/mol. The van der Waals surface area contributed by atoms with E-state index < -0.39 is 15.9 Å². The van der Waals surface area contributed by atoms with Crippen molar-refractivity contribution >= 4 is 32.9 Å². The first-order valence-electron chi connectivity index (χ1n) is 7.36. The Morgan fingerprint density at radius 1 is 1.12 bits per heavy atom. The third-order valence-corrected chi connectivity index (χ3v) is 5.33. The SMILES string of the molecule is Cc1ccc(S(=O)(=O)n2ncc3cc(C=C(N)C(N)=O)ccc32)cc1. The predicted octanol–water partition coefficient (Wildman–Crippen LogP) is 1.37. The smallest absolute Gasteiger partial charge is 0.283 e. The van der Waals surface area contributed by atoms with Crippen LogP contribution in [0, 0.1) is 6.92 Å². The van der Waals surface area contributed by atoms with Crippen molar-refractivity contribution in [2.24, 2.45) is 11.5 Å². The Morgan fingerprint density at radius 3 is 2.44 bits per heavy atom. The number of fused-ring (bicyclic) bond motifs is 1. The molecule has 0 spiro atoms. The van der Waals surface area contributed by atoms with Crippen LogP contribution in [0.2, 0.25) is 0 Å². The summed E-state index contributed by atoms with van der Waals surface area (Å²) in [5, 5.41) is 4.61. The lowest BCUT2D eigenvalue weighted by molar-refractivity contribution is -0.114. The van der Waals surface area contributed by atoms with E-state index in [9.17, 15) is 13.2 Å². The van der Waals surface area contributed by atoms with E-state index in [0.29, 0.717) is 16.5 Å². The third-order valence-electron chi connectivity index (χ3n) is 3.71. The summed E-state index contributed by atoms with van der Waals surface area (Å²) < 4.78 is 26.5. The number of primary amides is 1. The molecule has 0 bridgehead atoms. The van der Waals surface area contributed by atoms with Crippen molar-refractivity contribution < 1.29 is 13.2 Å². The fourth-order valence-electron chi connectivity index (χ4n) is 2.37. The zero-order valence-electron chi connectivity index (χ0n) is 13.4. The summed E-state index contributed by atoms with van der Waals surface area (Å²) in [5.74, 6) is -0.724. The summed E-state index contributed by atoms with van der Waals surface area (Å²) in [6.45, 7) is 1.88. The van der Waals surface area contributed by atoms with Gasteiger partial charge in [-0.25, -0.2) is 0 Å². The van der Waals surface area contributed by atoms with Crippen LogP contribution < -0.4 is 11.5 Å². The van der Waals surface area contributed by atoms with Crippen LogP contribution in [0.3, 0.4) is 0 Å². The highest BCUT2D eigenvalue weighted by Gasteiger charge is 2.20. The number of nitrogens with two attached hydrogens (primary N) is 2. The standard InChI is InChI=1S/C17H16N4O3S/c1-11-2-5-14(6-3-11)25(23,24)21-16-7-4-12(8-13(16)10-20-21)9-15(18)17(19)22/h2-10H,18H2,1H3,(H2,19,22). The number of rotatable bonds is 4. The Kier molecular flexibility index (Phi) is 4.05. The van der Waals surface area contributed by atoms with Crippen molar-refractivity contribution in [3.8, 4) is 0 Å². The zero-order valence-corrected chi connectivity index (χ0v) is 14.2. The second-order valence-electron chi connectivity index (χ2n) is 5.59. The van der Waals surface area contributed by atoms with Gasteiger partial charge in [0, 0.05) is 5.39 Å². The molecule has 0 saturated heterocycles. The summed E-state index contributed by atoms with van der Waals surface area (Å²) in [6.07, 6.45) is 2.87. The van der Waals surface area contributed by atoms with Crippen LogP contribution in [0.15, 0.2) is 59.3 Å². The fraction of sp³-hybridized carbons (Fsp3) is 0.0588. The lowest BCUT2D eigenvalue weighted by atomic mass is 10.1. The zero-order chi connectivity index (χ0) is 18.2.